The molecular formula is C37H50N2O21. The second-order valence-corrected chi connectivity index (χ2v) is 13.0. The number of nitrogens with two attached hydrogens (primary N) is 1. The fourth-order valence-electron chi connectivity index (χ4n) is 5.87. The van der Waals surface area contributed by atoms with Gasteiger partial charge in [-0.05, 0) is 5.56 Å². The molecular weight excluding hydrogens is 808 g/mol. The van der Waals surface area contributed by atoms with E-state index in [4.69, 9.17) is 67.3 Å². The van der Waals surface area contributed by atoms with Crippen LogP contribution in [0.5, 0.6) is 0 Å². The number of rotatable bonds is 20. The van der Waals surface area contributed by atoms with Crippen LogP contribution < -0.4 is 11.1 Å². The molecule has 0 bridgehead atoms. The average Bonchev–Trinajstić information content (AvgIpc) is 3.15. The Morgan fingerprint density at radius 3 is 1.58 bits per heavy atom. The van der Waals surface area contributed by atoms with Crippen LogP contribution in [-0.2, 0) is 97.0 Å². The molecule has 10 atom stereocenters. The molecule has 1 aromatic rings. The van der Waals surface area contributed by atoms with E-state index in [-0.39, 0.29) is 33.0 Å². The molecule has 0 spiro atoms. The van der Waals surface area contributed by atoms with Gasteiger partial charge in [0.15, 0.2) is 49.2 Å². The standard InChI is InChI=1S/C37H50N2O21/c1-19(40)50-17-26-28(53-21(3)42)30(55-23(5)44)32(34(57-26)49-15-14-48-13-12-39-37(47)52-16-25-10-8-7-9-11-25)59-35-33(56-24(6)45)31(60-36(38)46)29(54-22(4)43)27(58-35)18-51-20(2)41/h7-11,26-35H,12-18H2,1-6H3,(H2,38,46)(H,39,47)/t26-,27+,28+,29+,30-,31-,32-,33-,34+,35+/m0/s1. The van der Waals surface area contributed by atoms with Gasteiger partial charge >= 0.3 is 48.0 Å². The number of primary amides is 1. The molecule has 3 rings (SSSR count). The van der Waals surface area contributed by atoms with Crippen molar-refractivity contribution in [3.63, 3.8) is 0 Å². The predicted octanol–water partition coefficient (Wildman–Crippen LogP) is 0.0979. The van der Waals surface area contributed by atoms with Gasteiger partial charge < -0.3 is 72.6 Å². The zero-order valence-corrected chi connectivity index (χ0v) is 33.8. The van der Waals surface area contributed by atoms with Crippen LogP contribution in [-0.4, -0.2) is 149 Å². The Morgan fingerprint density at radius 1 is 0.567 bits per heavy atom. The second-order valence-electron chi connectivity index (χ2n) is 13.0. The highest BCUT2D eigenvalue weighted by molar-refractivity contribution is 5.69. The summed E-state index contributed by atoms with van der Waals surface area (Å²) in [5.41, 5.74) is 6.15. The first-order valence-corrected chi connectivity index (χ1v) is 18.5. The summed E-state index contributed by atoms with van der Waals surface area (Å²) in [4.78, 5) is 97.6. The Hall–Kier alpha value is -5.62. The van der Waals surface area contributed by atoms with Crippen molar-refractivity contribution in [3.8, 4) is 0 Å². The van der Waals surface area contributed by atoms with Gasteiger partial charge in [-0.1, -0.05) is 30.3 Å². The highest BCUT2D eigenvalue weighted by atomic mass is 16.8. The number of hydrogen-bond acceptors (Lipinski definition) is 21. The van der Waals surface area contributed by atoms with Gasteiger partial charge in [-0.3, -0.25) is 28.8 Å². The lowest BCUT2D eigenvalue weighted by molar-refractivity contribution is -0.368. The molecule has 2 aliphatic rings. The average molecular weight is 859 g/mol. The Balaban J connectivity index is 1.93. The SMILES string of the molecule is CC(=O)OC[C@@H]1O[C@@H](OCCOCCNC(=O)OCc2ccccc2)[C@@H](O[C@H]2O[C@H](COC(C)=O)[C@@H](OC(C)=O)[C@H](OC(N)=O)[C@@H]2OC(C)=O)[C@@H](OC(C)=O)[C@@H]1OC(C)=O. The van der Waals surface area contributed by atoms with E-state index in [1.807, 2.05) is 6.07 Å². The van der Waals surface area contributed by atoms with Crippen molar-refractivity contribution < 1.29 is 99.9 Å². The van der Waals surface area contributed by atoms with Crippen LogP contribution in [0.1, 0.15) is 47.1 Å². The summed E-state index contributed by atoms with van der Waals surface area (Å²) in [7, 11) is 0. The maximum absolute atomic E-state index is 12.6. The van der Waals surface area contributed by atoms with Gasteiger partial charge in [-0.2, -0.15) is 0 Å². The molecule has 23 nitrogen and oxygen atoms in total. The largest absolute Gasteiger partial charge is 0.463 e. The molecule has 0 saturated carbocycles. The first-order chi connectivity index (χ1) is 28.4. The van der Waals surface area contributed by atoms with Crippen LogP contribution in [0.2, 0.25) is 0 Å². The molecule has 3 N–H and O–H groups in total. The third kappa shape index (κ3) is 16.6. The van der Waals surface area contributed by atoms with Crippen molar-refractivity contribution in [1.82, 2.24) is 5.32 Å². The van der Waals surface area contributed by atoms with Crippen molar-refractivity contribution in [2.24, 2.45) is 5.73 Å². The molecule has 0 unspecified atom stereocenters. The van der Waals surface area contributed by atoms with Crippen LogP contribution in [0.15, 0.2) is 30.3 Å². The van der Waals surface area contributed by atoms with Crippen molar-refractivity contribution in [2.75, 3.05) is 39.6 Å². The van der Waals surface area contributed by atoms with E-state index >= 15 is 0 Å². The number of carbonyl (C=O) groups is 8. The van der Waals surface area contributed by atoms with Crippen molar-refractivity contribution >= 4 is 48.0 Å². The van der Waals surface area contributed by atoms with E-state index in [1.54, 1.807) is 24.3 Å². The fourth-order valence-corrected chi connectivity index (χ4v) is 5.87. The summed E-state index contributed by atoms with van der Waals surface area (Å²) < 4.78 is 72.6. The van der Waals surface area contributed by atoms with Gasteiger partial charge in [0.25, 0.3) is 0 Å². The molecule has 1 aromatic carbocycles. The van der Waals surface area contributed by atoms with E-state index in [1.165, 1.54) is 0 Å². The molecule has 60 heavy (non-hydrogen) atoms. The fraction of sp³-hybridized carbons (Fsp3) is 0.622. The predicted molar refractivity (Wildman–Crippen MR) is 194 cm³/mol. The first kappa shape index (κ1) is 48.7. The van der Waals surface area contributed by atoms with Crippen LogP contribution in [0.25, 0.3) is 0 Å². The van der Waals surface area contributed by atoms with Gasteiger partial charge in [0.1, 0.15) is 32.0 Å². The lowest BCUT2D eigenvalue weighted by atomic mass is 9.96. The highest BCUT2D eigenvalue weighted by Gasteiger charge is 2.57. The topological polar surface area (TPSA) is 295 Å². The number of hydrogen-bond donors (Lipinski definition) is 2. The van der Waals surface area contributed by atoms with Gasteiger partial charge in [0, 0.05) is 48.1 Å². The minimum atomic E-state index is -1.89. The second kappa shape index (κ2) is 24.5. The van der Waals surface area contributed by atoms with Crippen LogP contribution in [0, 0.1) is 0 Å². The minimum Gasteiger partial charge on any atom is -0.463 e. The maximum Gasteiger partial charge on any atom is 0.407 e. The van der Waals surface area contributed by atoms with Crippen LogP contribution >= 0.6 is 0 Å². The summed E-state index contributed by atoms with van der Waals surface area (Å²) in [6.07, 6.45) is -18.6. The zero-order chi connectivity index (χ0) is 44.4. The molecule has 23 heteroatoms. The molecule has 2 heterocycles. The lowest BCUT2D eigenvalue weighted by Gasteiger charge is -2.48. The van der Waals surface area contributed by atoms with Gasteiger partial charge in [0.05, 0.1) is 19.8 Å². The van der Waals surface area contributed by atoms with E-state index < -0.39 is 123 Å². The first-order valence-electron chi connectivity index (χ1n) is 18.5. The Morgan fingerprint density at radius 2 is 1.07 bits per heavy atom. The molecule has 2 fully saturated rings. The molecule has 0 radical (unpaired) electrons. The highest BCUT2D eigenvalue weighted by Crippen LogP contribution is 2.35. The zero-order valence-electron chi connectivity index (χ0n) is 33.8. The molecule has 2 saturated heterocycles. The summed E-state index contributed by atoms with van der Waals surface area (Å²) >= 11 is 0. The Bertz CT molecular complexity index is 1630. The van der Waals surface area contributed by atoms with Crippen LogP contribution in [0.4, 0.5) is 9.59 Å². The monoisotopic (exact) mass is 858 g/mol. The number of ether oxygens (including phenoxy) is 13. The smallest absolute Gasteiger partial charge is 0.407 e. The summed E-state index contributed by atoms with van der Waals surface area (Å²) in [6, 6.07) is 9.03. The van der Waals surface area contributed by atoms with Gasteiger partial charge in [-0.15, -0.1) is 0 Å². The van der Waals surface area contributed by atoms with Crippen molar-refractivity contribution in [3.05, 3.63) is 35.9 Å². The van der Waals surface area contributed by atoms with E-state index in [9.17, 15) is 38.4 Å². The number of alkyl carbamates (subject to hydrolysis) is 1. The van der Waals surface area contributed by atoms with Gasteiger partial charge in [0.2, 0.25) is 0 Å². The number of carbonyl (C=O) groups excluding carboxylic acids is 8. The molecule has 334 valence electrons. The Kier molecular flexibility index (Phi) is 19.9. The molecule has 0 aliphatic carbocycles. The van der Waals surface area contributed by atoms with E-state index in [2.05, 4.69) is 5.32 Å². The van der Waals surface area contributed by atoms with Crippen molar-refractivity contribution in [2.45, 2.75) is 110 Å². The number of amides is 2. The normalized spacial score (nSPS) is 26.0. The van der Waals surface area contributed by atoms with E-state index in [0.717, 1.165) is 47.1 Å². The number of esters is 6. The summed E-state index contributed by atoms with van der Waals surface area (Å²) in [6.45, 7) is 4.79. The maximum atomic E-state index is 12.6. The summed E-state index contributed by atoms with van der Waals surface area (Å²) in [5, 5.41) is 2.54. The van der Waals surface area contributed by atoms with E-state index in [0.29, 0.717) is 0 Å². The van der Waals surface area contributed by atoms with Crippen molar-refractivity contribution in [1.29, 1.82) is 0 Å². The minimum absolute atomic E-state index is 0.00335. The number of nitrogens with one attached hydrogen (secondary N) is 1. The Labute approximate surface area is 343 Å². The quantitative estimate of drug-likeness (QED) is 0.0998. The molecule has 0 aromatic heterocycles. The third-order valence-corrected chi connectivity index (χ3v) is 8.07. The van der Waals surface area contributed by atoms with Gasteiger partial charge in [-0.25, -0.2) is 9.59 Å². The third-order valence-electron chi connectivity index (χ3n) is 8.07. The lowest BCUT2D eigenvalue weighted by Crippen LogP contribution is -2.67. The molecule has 2 aliphatic heterocycles. The van der Waals surface area contributed by atoms with Crippen LogP contribution in [0.3, 0.4) is 0 Å². The molecule has 2 amide bonds. The summed E-state index contributed by atoms with van der Waals surface area (Å²) in [5.74, 6) is -5.23. The number of benzene rings is 1.